The van der Waals surface area contributed by atoms with Gasteiger partial charge >= 0.3 is 6.18 Å². The molecule has 147 heavy (non-hydrogen) atoms. The van der Waals surface area contributed by atoms with E-state index in [9.17, 15) is 89.5 Å². The van der Waals surface area contributed by atoms with Crippen molar-refractivity contribution in [1.29, 1.82) is 0 Å². The summed E-state index contributed by atoms with van der Waals surface area (Å²) < 4.78 is 98.0. The summed E-state index contributed by atoms with van der Waals surface area (Å²) >= 11 is 4.09. The van der Waals surface area contributed by atoms with Gasteiger partial charge in [-0.3, -0.25) is 38.4 Å². The lowest BCUT2D eigenvalue weighted by Crippen LogP contribution is -2.42. The molecule has 8 amide bonds. The molecule has 4 aliphatic heterocycles. The summed E-state index contributed by atoms with van der Waals surface area (Å²) in [6.07, 6.45) is 24.1. The molecular formula is C104H139F7N20O12S4. The van der Waals surface area contributed by atoms with E-state index in [1.165, 1.54) is 111 Å². The molecule has 8 aromatic heterocycles. The van der Waals surface area contributed by atoms with Crippen molar-refractivity contribution in [2.75, 3.05) is 86.7 Å². The van der Waals surface area contributed by atoms with Crippen LogP contribution in [0, 0.1) is 13.8 Å². The van der Waals surface area contributed by atoms with Gasteiger partial charge in [-0.25, -0.2) is 57.4 Å². The molecular weight excluding hydrogens is 1980 g/mol. The largest absolute Gasteiger partial charge is 0.419 e. The molecule has 12 N–H and O–H groups in total. The maximum absolute atomic E-state index is 14.1. The number of alkyl halides is 7. The second-order valence-electron chi connectivity index (χ2n) is 42.4. The standard InChI is InChI=1S/C27H39N5O3S.C26H33F4N5O3S.C26H34F3N5O3S.C25H33N5O3S/c1-17-14-21(30-19-11-6-5-7-12-19)28-15-20(17)23-22(26(34)32-13-9-8-10-18(32)2)31-25(36-23)24(33)29-16-27(3,4)35;1-25(2,38)14-32-22(36)23-34-19(24(37)35-10-8-16(27)9-11-35)20(39-23)15-12-18(26(28,29)30)21(31-13-15)33-17-6-4-3-5-7-17;1-26(2,37)14-31-23(35)24-33-19(25(36)34-10-8-16(27)9-11-34)20(38-24)15-12-18(21(28)29)22(30-13-15)32-17-6-4-3-5-7-17;1-15-12-19(28-17-7-3-4-8-17)26-13-18(15)21-20(24(32)30-11-5-6-16(30)2)29-23(34-21)22(31)27-14-25(33)9-10-25/h14-15,18-19,35H,5-13,16H2,1-4H3,(H,28,30)(H,29,33);12-13,16-17,38H,3-11,14H2,1-2H3,(H,31,33)(H,32,36);12-13,16-17,21,37H,3-11,14H2,1-2H3,(H,30,32)(H,31,35);12-13,16-17,33H,3-11,14H2,1-2H3,(H,26,28)(H,27,31)/t18-;;;16-/m0..0/s1. The summed E-state index contributed by atoms with van der Waals surface area (Å²) in [4.78, 5) is 149. The fourth-order valence-electron chi connectivity index (χ4n) is 19.2. The molecule has 4 saturated heterocycles. The zero-order chi connectivity index (χ0) is 106. The highest BCUT2D eigenvalue weighted by Crippen LogP contribution is 2.45. The number of nitrogens with zero attached hydrogens (tertiary/aromatic N) is 12. The lowest BCUT2D eigenvalue weighted by molar-refractivity contribution is -0.137. The maximum atomic E-state index is 14.1. The van der Waals surface area contributed by atoms with Crippen molar-refractivity contribution in [2.24, 2.45) is 0 Å². The second-order valence-corrected chi connectivity index (χ2v) is 46.4. The lowest BCUT2D eigenvalue weighted by Gasteiger charge is -2.33. The highest BCUT2D eigenvalue weighted by Gasteiger charge is 2.43. The first-order chi connectivity index (χ1) is 69.8. The lowest BCUT2D eigenvalue weighted by atomic mass is 9.95. The Kier molecular flexibility index (Phi) is 37.7. The van der Waals surface area contributed by atoms with Gasteiger partial charge in [0.1, 0.15) is 58.4 Å². The van der Waals surface area contributed by atoms with Crippen LogP contribution in [0.25, 0.3) is 41.8 Å². The Bertz CT molecular complexity index is 5920. The molecule has 12 heterocycles. The highest BCUT2D eigenvalue weighted by molar-refractivity contribution is 7.18. The first kappa shape index (κ1) is 112. The molecule has 2 atom stereocenters. The molecule has 32 nitrogen and oxygen atoms in total. The quantitative estimate of drug-likeness (QED) is 0.0194. The number of hydrogen-bond donors (Lipinski definition) is 12. The zero-order valence-electron chi connectivity index (χ0n) is 85.3. The monoisotopic (exact) mass is 2120 g/mol. The number of likely N-dealkylation sites (tertiary alicyclic amines) is 4. The fourth-order valence-corrected chi connectivity index (χ4v) is 23.3. The average molecular weight is 2120 g/mol. The van der Waals surface area contributed by atoms with Crippen LogP contribution in [0.3, 0.4) is 0 Å². The van der Waals surface area contributed by atoms with Crippen molar-refractivity contribution in [1.82, 2.24) is 80.7 Å². The Labute approximate surface area is 868 Å². The van der Waals surface area contributed by atoms with Gasteiger partial charge in [0.25, 0.3) is 53.7 Å². The number of anilines is 4. The number of thiazole rings is 4. The van der Waals surface area contributed by atoms with Crippen LogP contribution in [0.2, 0.25) is 0 Å². The van der Waals surface area contributed by atoms with E-state index in [0.717, 1.165) is 185 Å². The maximum Gasteiger partial charge on any atom is 0.419 e. The molecule has 5 saturated carbocycles. The summed E-state index contributed by atoms with van der Waals surface area (Å²) in [7, 11) is 0. The third kappa shape index (κ3) is 30.7. The molecule has 8 aromatic rings. The van der Waals surface area contributed by atoms with Crippen molar-refractivity contribution < 1.29 is 89.5 Å². The number of pyridine rings is 4. The van der Waals surface area contributed by atoms with Crippen LogP contribution in [0.15, 0.2) is 49.1 Å². The minimum Gasteiger partial charge on any atom is -0.389 e. The normalized spacial score (nSPS) is 19.0. The van der Waals surface area contributed by atoms with E-state index < -0.39 is 82.4 Å². The third-order valence-electron chi connectivity index (χ3n) is 28.0. The number of carbonyl (C=O) groups is 8. The smallest absolute Gasteiger partial charge is 0.389 e. The van der Waals surface area contributed by atoms with Crippen LogP contribution in [0.4, 0.5) is 54.0 Å². The van der Waals surface area contributed by atoms with E-state index in [4.69, 9.17) is 0 Å². The minimum atomic E-state index is -4.72. The van der Waals surface area contributed by atoms with Gasteiger partial charge < -0.3 is 82.6 Å². The molecule has 800 valence electrons. The highest BCUT2D eigenvalue weighted by atomic mass is 32.1. The van der Waals surface area contributed by atoms with Crippen LogP contribution in [0.1, 0.15) is 358 Å². The van der Waals surface area contributed by atoms with E-state index in [1.54, 1.807) is 26.2 Å². The number of rotatable bonds is 29. The Morgan fingerprint density at radius 2 is 0.741 bits per heavy atom. The fraction of sp³-hybridized carbons (Fsp3) is 0.615. The van der Waals surface area contributed by atoms with Gasteiger partial charge in [-0.2, -0.15) is 13.2 Å². The van der Waals surface area contributed by atoms with Crippen molar-refractivity contribution in [2.45, 2.75) is 345 Å². The van der Waals surface area contributed by atoms with E-state index in [0.29, 0.717) is 59.2 Å². The van der Waals surface area contributed by atoms with Gasteiger partial charge in [0.15, 0.2) is 20.0 Å². The molecule has 0 spiro atoms. The van der Waals surface area contributed by atoms with Crippen molar-refractivity contribution >= 4 is 116 Å². The number of aliphatic hydroxyl groups is 4. The molecule has 9 fully saturated rings. The van der Waals surface area contributed by atoms with E-state index in [-0.39, 0.29) is 189 Å². The van der Waals surface area contributed by atoms with Gasteiger partial charge in [0, 0.05) is 149 Å². The number of aromatic nitrogens is 8. The molecule has 0 aromatic carbocycles. The number of hydrogen-bond acceptors (Lipinski definition) is 28. The minimum absolute atomic E-state index is 0.000662. The summed E-state index contributed by atoms with van der Waals surface area (Å²) in [5.74, 6) is -1.86. The molecule has 0 radical (unpaired) electrons. The van der Waals surface area contributed by atoms with Crippen LogP contribution in [-0.2, 0) is 6.18 Å². The molecule has 9 aliphatic rings. The number of nitrogens with one attached hydrogen (secondary N) is 8. The molecule has 5 aliphatic carbocycles. The summed E-state index contributed by atoms with van der Waals surface area (Å²) in [5, 5.41) is 64.0. The van der Waals surface area contributed by atoms with Gasteiger partial charge in [0.05, 0.1) is 53.0 Å². The second kappa shape index (κ2) is 49.5. The van der Waals surface area contributed by atoms with Gasteiger partial charge in [-0.1, -0.05) is 70.6 Å². The predicted molar refractivity (Wildman–Crippen MR) is 555 cm³/mol. The Morgan fingerprint density at radius 3 is 1.10 bits per heavy atom. The molecule has 0 unspecified atom stereocenters. The summed E-state index contributed by atoms with van der Waals surface area (Å²) in [6.45, 7) is 19.7. The van der Waals surface area contributed by atoms with Crippen LogP contribution in [-0.4, -0.2) is 264 Å². The van der Waals surface area contributed by atoms with Gasteiger partial charge in [-0.05, 0) is 227 Å². The topological polar surface area (TPSA) is 430 Å². The van der Waals surface area contributed by atoms with E-state index in [2.05, 4.69) is 96.3 Å². The first-order valence-corrected chi connectivity index (χ1v) is 55.0. The number of carbonyl (C=O) groups excluding carboxylic acids is 8. The SMILES string of the molecule is CC(C)(O)CNC(=O)c1nc(C(=O)N2CCC(F)CC2)c(-c2cnc(NC3CCCCC3)c(C(F)(F)F)c2)s1.CC(C)(O)CNC(=O)c1nc(C(=O)N2CCC(F)CC2)c(-c2cnc(NC3CCCCC3)c(C(F)F)c2)s1.Cc1cc(NC2CCCC2)ncc1-c1sc(C(=O)NCC2(O)CC2)nc1C(=O)N1CCC[C@@H]1C.Cc1cc(NC2CCCCC2)ncc1-c1sc(C(=O)NCC(C)(C)O)nc1C(=O)N1CCCC[C@@H]1C. The van der Waals surface area contributed by atoms with E-state index >= 15 is 0 Å². The van der Waals surface area contributed by atoms with Crippen molar-refractivity contribution in [3.05, 3.63) is 114 Å². The predicted octanol–water partition coefficient (Wildman–Crippen LogP) is 18.5. The number of amides is 8. The zero-order valence-corrected chi connectivity index (χ0v) is 88.6. The average Bonchev–Trinajstić information content (AvgIpc) is 1.66. The first-order valence-electron chi connectivity index (χ1n) is 51.7. The van der Waals surface area contributed by atoms with Crippen molar-refractivity contribution in [3.8, 4) is 41.8 Å². The van der Waals surface area contributed by atoms with Crippen LogP contribution in [0.5, 0.6) is 0 Å². The van der Waals surface area contributed by atoms with Gasteiger partial charge in [-0.15, -0.1) is 45.3 Å². The number of aryl methyl sites for hydroxylation is 2. The van der Waals surface area contributed by atoms with Gasteiger partial charge in [0.2, 0.25) is 0 Å². The Hall–Kier alpha value is -10.6. The summed E-state index contributed by atoms with van der Waals surface area (Å²) in [6, 6.07) is 7.42. The number of halogens is 7. The Balaban J connectivity index is 0.000000155. The molecule has 17 rings (SSSR count). The van der Waals surface area contributed by atoms with Crippen LogP contribution < -0.4 is 42.5 Å². The number of piperidine rings is 3. The van der Waals surface area contributed by atoms with Crippen molar-refractivity contribution in [3.63, 3.8) is 0 Å². The third-order valence-corrected chi connectivity index (χ3v) is 32.4. The molecule has 43 heteroatoms. The molecule has 0 bridgehead atoms. The summed E-state index contributed by atoms with van der Waals surface area (Å²) in [5.41, 5.74) is -1.23. The van der Waals surface area contributed by atoms with Crippen LogP contribution >= 0.6 is 45.3 Å². The van der Waals surface area contributed by atoms with E-state index in [1.807, 2.05) is 35.8 Å². The Morgan fingerprint density at radius 1 is 0.408 bits per heavy atom.